The van der Waals surface area contributed by atoms with Crippen LogP contribution in [0.25, 0.3) is 5.69 Å². The van der Waals surface area contributed by atoms with Crippen LogP contribution in [-0.2, 0) is 17.1 Å². The van der Waals surface area contributed by atoms with Crippen molar-refractivity contribution in [1.82, 2.24) is 14.9 Å². The Kier molecular flexibility index (Phi) is 6.83. The monoisotopic (exact) mass is 419 g/mol. The van der Waals surface area contributed by atoms with Crippen LogP contribution in [0.3, 0.4) is 0 Å². The zero-order valence-electron chi connectivity index (χ0n) is 14.8. The van der Waals surface area contributed by atoms with E-state index in [1.807, 2.05) is 48.0 Å². The smallest absolute Gasteiger partial charge is 0.230 e. The van der Waals surface area contributed by atoms with Crippen molar-refractivity contribution in [2.24, 2.45) is 0 Å². The third-order valence-electron chi connectivity index (χ3n) is 4.07. The average Bonchev–Trinajstić information content (AvgIpc) is 3.09. The van der Waals surface area contributed by atoms with Gasteiger partial charge < -0.3 is 9.88 Å². The molecule has 1 aromatic heterocycles. The van der Waals surface area contributed by atoms with E-state index in [9.17, 15) is 4.79 Å². The number of nitrogens with one attached hydrogen (secondary N) is 1. The number of nitrogens with zero attached hydrogens (tertiary/aromatic N) is 2. The first-order chi connectivity index (χ1) is 13.0. The van der Waals surface area contributed by atoms with E-state index < -0.39 is 0 Å². The van der Waals surface area contributed by atoms with Gasteiger partial charge >= 0.3 is 0 Å². The van der Waals surface area contributed by atoms with Crippen LogP contribution >= 0.6 is 35.0 Å². The Morgan fingerprint density at radius 2 is 1.85 bits per heavy atom. The number of amides is 1. The molecule has 2 aromatic carbocycles. The fraction of sp³-hybridized carbons (Fsp3) is 0.200. The quantitative estimate of drug-likeness (QED) is 0.583. The molecule has 0 saturated heterocycles. The number of aromatic nitrogens is 2. The van der Waals surface area contributed by atoms with Gasteiger partial charge in [-0.3, -0.25) is 4.79 Å². The summed E-state index contributed by atoms with van der Waals surface area (Å²) in [4.78, 5) is 16.3. The topological polar surface area (TPSA) is 46.9 Å². The molecule has 140 valence electrons. The van der Waals surface area contributed by atoms with E-state index in [4.69, 9.17) is 23.2 Å². The van der Waals surface area contributed by atoms with Crippen LogP contribution in [0.2, 0.25) is 10.0 Å². The Hall–Kier alpha value is -1.95. The summed E-state index contributed by atoms with van der Waals surface area (Å²) < 4.78 is 2.01. The second kappa shape index (κ2) is 9.31. The number of imidazole rings is 1. The Balaban J connectivity index is 1.46. The number of carbonyl (C=O) groups excluding carboxylic acids is 1. The summed E-state index contributed by atoms with van der Waals surface area (Å²) in [5.41, 5.74) is 2.96. The first-order valence-corrected chi connectivity index (χ1v) is 10.3. The van der Waals surface area contributed by atoms with Crippen molar-refractivity contribution < 1.29 is 4.79 Å². The number of halogens is 2. The highest BCUT2D eigenvalue weighted by Crippen LogP contribution is 2.28. The molecule has 0 saturated carbocycles. The minimum atomic E-state index is -0.0160. The fourth-order valence-corrected chi connectivity index (χ4v) is 4.19. The zero-order valence-corrected chi connectivity index (χ0v) is 17.1. The van der Waals surface area contributed by atoms with E-state index in [0.29, 0.717) is 28.1 Å². The maximum absolute atomic E-state index is 12.1. The van der Waals surface area contributed by atoms with Crippen molar-refractivity contribution >= 4 is 40.9 Å². The molecular weight excluding hydrogens is 401 g/mol. The highest BCUT2D eigenvalue weighted by atomic mass is 35.5. The van der Waals surface area contributed by atoms with E-state index >= 15 is 0 Å². The third kappa shape index (κ3) is 5.28. The molecule has 1 N–H and O–H groups in total. The largest absolute Gasteiger partial charge is 0.351 e. The van der Waals surface area contributed by atoms with E-state index in [-0.39, 0.29) is 5.91 Å². The van der Waals surface area contributed by atoms with Gasteiger partial charge in [0.05, 0.1) is 5.75 Å². The lowest BCUT2D eigenvalue weighted by atomic mass is 10.2. The van der Waals surface area contributed by atoms with Gasteiger partial charge in [0.1, 0.15) is 5.82 Å². The normalized spacial score (nSPS) is 10.8. The van der Waals surface area contributed by atoms with Gasteiger partial charge in [0.15, 0.2) is 0 Å². The molecule has 0 bridgehead atoms. The van der Waals surface area contributed by atoms with Gasteiger partial charge in [-0.2, -0.15) is 0 Å². The summed E-state index contributed by atoms with van der Waals surface area (Å²) >= 11 is 13.8. The predicted molar refractivity (Wildman–Crippen MR) is 113 cm³/mol. The first kappa shape index (κ1) is 19.8. The van der Waals surface area contributed by atoms with Gasteiger partial charge in [0.2, 0.25) is 5.91 Å². The molecule has 0 aliphatic rings. The molecule has 0 aliphatic heterocycles. The summed E-state index contributed by atoms with van der Waals surface area (Å²) in [5, 5.41) is 4.19. The Morgan fingerprint density at radius 3 is 2.48 bits per heavy atom. The van der Waals surface area contributed by atoms with Crippen molar-refractivity contribution in [3.8, 4) is 5.69 Å². The third-order valence-corrected chi connectivity index (χ3v) is 5.74. The van der Waals surface area contributed by atoms with Crippen LogP contribution in [0.5, 0.6) is 0 Å². The van der Waals surface area contributed by atoms with E-state index in [1.54, 1.807) is 18.3 Å². The van der Waals surface area contributed by atoms with Gasteiger partial charge in [-0.25, -0.2) is 4.98 Å². The number of hydrogen-bond donors (Lipinski definition) is 1. The van der Waals surface area contributed by atoms with E-state index in [2.05, 4.69) is 10.3 Å². The molecule has 0 spiro atoms. The van der Waals surface area contributed by atoms with Gasteiger partial charge in [0.25, 0.3) is 0 Å². The SMILES string of the molecule is Cc1nccn1-c1ccc(CNC(=O)CSCc2c(Cl)cccc2Cl)cc1. The van der Waals surface area contributed by atoms with Crippen LogP contribution in [0.4, 0.5) is 0 Å². The molecule has 7 heteroatoms. The molecule has 27 heavy (non-hydrogen) atoms. The van der Waals surface area contributed by atoms with Crippen molar-refractivity contribution in [2.45, 2.75) is 19.2 Å². The summed E-state index contributed by atoms with van der Waals surface area (Å²) in [6.45, 7) is 2.46. The highest BCUT2D eigenvalue weighted by molar-refractivity contribution is 7.99. The van der Waals surface area contributed by atoms with Crippen molar-refractivity contribution in [3.63, 3.8) is 0 Å². The van der Waals surface area contributed by atoms with Gasteiger partial charge in [0, 0.05) is 40.4 Å². The van der Waals surface area contributed by atoms with Crippen LogP contribution < -0.4 is 5.32 Å². The number of rotatable bonds is 7. The summed E-state index contributed by atoms with van der Waals surface area (Å²) in [7, 11) is 0. The maximum atomic E-state index is 12.1. The zero-order chi connectivity index (χ0) is 19.2. The maximum Gasteiger partial charge on any atom is 0.230 e. The Bertz CT molecular complexity index is 905. The predicted octanol–water partition coefficient (Wildman–Crippen LogP) is 5.04. The summed E-state index contributed by atoms with van der Waals surface area (Å²) in [6, 6.07) is 13.5. The summed E-state index contributed by atoms with van der Waals surface area (Å²) in [6.07, 6.45) is 3.70. The second-order valence-electron chi connectivity index (χ2n) is 5.98. The van der Waals surface area contributed by atoms with E-state index in [1.165, 1.54) is 11.8 Å². The lowest BCUT2D eigenvalue weighted by Crippen LogP contribution is -2.24. The second-order valence-corrected chi connectivity index (χ2v) is 7.78. The number of benzene rings is 2. The number of aryl methyl sites for hydroxylation is 1. The minimum absolute atomic E-state index is 0.0160. The van der Waals surface area contributed by atoms with Gasteiger partial charge in [-0.1, -0.05) is 41.4 Å². The van der Waals surface area contributed by atoms with Crippen molar-refractivity contribution in [3.05, 3.63) is 81.9 Å². The van der Waals surface area contributed by atoms with Crippen LogP contribution in [-0.4, -0.2) is 21.2 Å². The molecule has 1 heterocycles. The van der Waals surface area contributed by atoms with Crippen LogP contribution in [0.1, 0.15) is 17.0 Å². The Labute approximate surface area is 172 Å². The molecular formula is C20H19Cl2N3OS. The molecule has 0 unspecified atom stereocenters. The van der Waals surface area contributed by atoms with Gasteiger partial charge in [-0.05, 0) is 42.3 Å². The van der Waals surface area contributed by atoms with Crippen molar-refractivity contribution in [1.29, 1.82) is 0 Å². The average molecular weight is 420 g/mol. The standard InChI is InChI=1S/C20H19Cl2N3OS/c1-14-23-9-10-25(14)16-7-5-15(6-8-16)11-24-20(26)13-27-12-17-18(21)3-2-4-19(17)22/h2-10H,11-13H2,1H3,(H,24,26). The first-order valence-electron chi connectivity index (χ1n) is 8.41. The number of carbonyl (C=O) groups is 1. The molecule has 1 amide bonds. The number of thioether (sulfide) groups is 1. The minimum Gasteiger partial charge on any atom is -0.351 e. The fourth-order valence-electron chi connectivity index (χ4n) is 2.59. The molecule has 0 fully saturated rings. The lowest BCUT2D eigenvalue weighted by Gasteiger charge is -2.09. The molecule has 3 aromatic rings. The molecule has 0 radical (unpaired) electrons. The Morgan fingerprint density at radius 1 is 1.15 bits per heavy atom. The van der Waals surface area contributed by atoms with Crippen LogP contribution in [0.15, 0.2) is 54.9 Å². The van der Waals surface area contributed by atoms with E-state index in [0.717, 1.165) is 22.6 Å². The lowest BCUT2D eigenvalue weighted by molar-refractivity contribution is -0.118. The molecule has 0 aliphatic carbocycles. The molecule has 4 nitrogen and oxygen atoms in total. The van der Waals surface area contributed by atoms with Crippen LogP contribution in [0, 0.1) is 6.92 Å². The highest BCUT2D eigenvalue weighted by Gasteiger charge is 2.08. The number of hydrogen-bond acceptors (Lipinski definition) is 3. The summed E-state index contributed by atoms with van der Waals surface area (Å²) in [5.74, 6) is 1.88. The molecule has 0 atom stereocenters. The van der Waals surface area contributed by atoms with Gasteiger partial charge in [-0.15, -0.1) is 11.8 Å². The van der Waals surface area contributed by atoms with Crippen molar-refractivity contribution in [2.75, 3.05) is 5.75 Å². The molecule has 3 rings (SSSR count).